The fraction of sp³-hybridized carbons (Fsp3) is 0.524. The van der Waals surface area contributed by atoms with E-state index in [2.05, 4.69) is 84.1 Å². The van der Waals surface area contributed by atoms with Gasteiger partial charge in [0.15, 0.2) is 0 Å². The Morgan fingerprint density at radius 2 is 1.62 bits per heavy atom. The molecule has 0 saturated carbocycles. The second-order valence-corrected chi connectivity index (χ2v) is 13.7. The van der Waals surface area contributed by atoms with Gasteiger partial charge in [0, 0.05) is 5.82 Å². The number of fused-ring (bicyclic) bond motifs is 1. The molecule has 2 unspecified atom stereocenters. The summed E-state index contributed by atoms with van der Waals surface area (Å²) >= 11 is 0. The van der Waals surface area contributed by atoms with E-state index in [0.29, 0.717) is 5.92 Å². The van der Waals surface area contributed by atoms with Crippen LogP contribution in [0.3, 0.4) is 0 Å². The molecule has 1 aromatic rings. The summed E-state index contributed by atoms with van der Waals surface area (Å²) in [6.07, 6.45) is 4.40. The molecule has 3 aliphatic rings. The van der Waals surface area contributed by atoms with Crippen LogP contribution in [0, 0.1) is 5.92 Å². The van der Waals surface area contributed by atoms with E-state index < -0.39 is 8.07 Å². The van der Waals surface area contributed by atoms with Gasteiger partial charge in [-0.3, -0.25) is 0 Å². The van der Waals surface area contributed by atoms with Crippen molar-refractivity contribution in [2.45, 2.75) is 64.7 Å². The first-order chi connectivity index (χ1) is 12.0. The van der Waals surface area contributed by atoms with E-state index in [1.165, 1.54) is 10.4 Å². The van der Waals surface area contributed by atoms with Crippen LogP contribution in [0.15, 0.2) is 47.4 Å². The molecule has 2 heterocycles. The summed E-state index contributed by atoms with van der Waals surface area (Å²) in [4.78, 5) is 0. The zero-order valence-corrected chi connectivity index (χ0v) is 17.9. The van der Waals surface area contributed by atoms with E-state index in [1.54, 1.807) is 0 Å². The third-order valence-corrected chi connectivity index (χ3v) is 10.4. The van der Waals surface area contributed by atoms with Crippen molar-refractivity contribution >= 4 is 20.4 Å². The van der Waals surface area contributed by atoms with Crippen molar-refractivity contribution in [1.82, 2.24) is 0 Å². The van der Waals surface area contributed by atoms with Crippen LogP contribution < -0.4 is 9.92 Å². The maximum atomic E-state index is 6.48. The van der Waals surface area contributed by atoms with Crippen molar-refractivity contribution < 1.29 is 14.0 Å². The van der Waals surface area contributed by atoms with Crippen molar-refractivity contribution in [2.24, 2.45) is 5.92 Å². The van der Waals surface area contributed by atoms with Crippen LogP contribution in [0.1, 0.15) is 34.6 Å². The Kier molecular flexibility index (Phi) is 3.90. The van der Waals surface area contributed by atoms with Gasteiger partial charge in [-0.15, -0.1) is 0 Å². The maximum absolute atomic E-state index is 6.48. The monoisotopic (exact) mass is 368 g/mol. The molecule has 1 aromatic carbocycles. The molecule has 1 saturated heterocycles. The fourth-order valence-corrected chi connectivity index (χ4v) is 7.98. The minimum atomic E-state index is -1.90. The molecule has 5 heteroatoms. The van der Waals surface area contributed by atoms with Gasteiger partial charge in [0.25, 0.3) is 0 Å². The number of allylic oxidation sites excluding steroid dienone is 3. The van der Waals surface area contributed by atoms with Crippen LogP contribution in [-0.4, -0.2) is 26.4 Å². The number of rotatable bonds is 1. The second-order valence-electron chi connectivity index (χ2n) is 9.37. The highest BCUT2D eigenvalue weighted by Crippen LogP contribution is 2.50. The van der Waals surface area contributed by atoms with E-state index in [4.69, 9.17) is 14.0 Å². The topological polar surface area (TPSA) is 27.7 Å². The third kappa shape index (κ3) is 2.48. The number of hydrogen-bond donors (Lipinski definition) is 0. The molecule has 138 valence electrons. The first-order valence-corrected chi connectivity index (χ1v) is 12.6. The highest BCUT2D eigenvalue weighted by atomic mass is 28.3. The Bertz CT molecular complexity index is 793. The SMILES string of the molecule is CC1C=CC2=C(C1B1OC(C)(C)C(C)(C)O1)[Si](C)(C)c1ccccc1O2. The zero-order chi connectivity index (χ0) is 18.9. The Labute approximate surface area is 158 Å². The lowest BCUT2D eigenvalue weighted by Gasteiger charge is -2.42. The van der Waals surface area contributed by atoms with Crippen LogP contribution in [0.2, 0.25) is 18.9 Å². The summed E-state index contributed by atoms with van der Waals surface area (Å²) in [6.45, 7) is 15.6. The van der Waals surface area contributed by atoms with Crippen LogP contribution in [0.4, 0.5) is 0 Å². The fourth-order valence-electron chi connectivity index (χ4n) is 4.44. The first-order valence-electron chi connectivity index (χ1n) is 9.60. The van der Waals surface area contributed by atoms with Gasteiger partial charge in [-0.05, 0) is 56.1 Å². The molecule has 0 radical (unpaired) electrons. The lowest BCUT2D eigenvalue weighted by Crippen LogP contribution is -2.53. The molecule has 0 aromatic heterocycles. The number of benzene rings is 1. The van der Waals surface area contributed by atoms with Gasteiger partial charge < -0.3 is 14.0 Å². The summed E-state index contributed by atoms with van der Waals surface area (Å²) in [5, 5.41) is 2.78. The Morgan fingerprint density at radius 1 is 1.00 bits per heavy atom. The molecule has 4 rings (SSSR count). The quantitative estimate of drug-likeness (QED) is 0.685. The van der Waals surface area contributed by atoms with E-state index >= 15 is 0 Å². The number of ether oxygens (including phenoxy) is 1. The van der Waals surface area contributed by atoms with Crippen molar-refractivity contribution in [3.05, 3.63) is 47.4 Å². The lowest BCUT2D eigenvalue weighted by atomic mass is 9.63. The predicted molar refractivity (Wildman–Crippen MR) is 109 cm³/mol. The zero-order valence-electron chi connectivity index (χ0n) is 16.9. The summed E-state index contributed by atoms with van der Waals surface area (Å²) in [5.41, 5.74) is -0.642. The Morgan fingerprint density at radius 3 is 2.27 bits per heavy atom. The standard InChI is InChI=1S/C21H29BO3Si/c1-14-12-13-16-19(18(14)22-24-20(2,3)21(4,5)25-22)26(6,7)17-11-9-8-10-15(17)23-16/h8-14,18H,1-7H3. The summed E-state index contributed by atoms with van der Waals surface area (Å²) in [5.74, 6) is 2.56. The van der Waals surface area contributed by atoms with Crippen LogP contribution >= 0.6 is 0 Å². The van der Waals surface area contributed by atoms with Crippen molar-refractivity contribution in [3.63, 3.8) is 0 Å². The smallest absolute Gasteiger partial charge is 0.458 e. The Hall–Kier alpha value is -1.30. The van der Waals surface area contributed by atoms with Crippen LogP contribution in [0.25, 0.3) is 0 Å². The molecular weight excluding hydrogens is 339 g/mol. The number of para-hydroxylation sites is 1. The first kappa shape index (κ1) is 18.1. The van der Waals surface area contributed by atoms with Gasteiger partial charge in [-0.25, -0.2) is 0 Å². The average Bonchev–Trinajstić information content (AvgIpc) is 2.76. The summed E-state index contributed by atoms with van der Waals surface area (Å²) < 4.78 is 19.3. The minimum absolute atomic E-state index is 0.186. The van der Waals surface area contributed by atoms with Gasteiger partial charge in [0.1, 0.15) is 19.6 Å². The maximum Gasteiger partial charge on any atom is 0.465 e. The molecule has 2 aliphatic heterocycles. The molecule has 3 nitrogen and oxygen atoms in total. The third-order valence-electron chi connectivity index (χ3n) is 6.73. The molecule has 0 N–H and O–H groups in total. The summed E-state index contributed by atoms with van der Waals surface area (Å²) in [6, 6.07) is 8.49. The molecule has 1 aliphatic carbocycles. The normalized spacial score (nSPS) is 30.7. The molecule has 1 fully saturated rings. The van der Waals surface area contributed by atoms with E-state index in [9.17, 15) is 0 Å². The van der Waals surface area contributed by atoms with Gasteiger partial charge in [0.05, 0.1) is 11.2 Å². The predicted octanol–water partition coefficient (Wildman–Crippen LogP) is 4.46. The minimum Gasteiger partial charge on any atom is -0.458 e. The van der Waals surface area contributed by atoms with Crippen LogP contribution in [-0.2, 0) is 9.31 Å². The van der Waals surface area contributed by atoms with Gasteiger partial charge in [-0.1, -0.05) is 44.3 Å². The highest BCUT2D eigenvalue weighted by molar-refractivity contribution is 6.97. The second kappa shape index (κ2) is 5.60. The molecule has 26 heavy (non-hydrogen) atoms. The van der Waals surface area contributed by atoms with E-state index in [0.717, 1.165) is 11.5 Å². The van der Waals surface area contributed by atoms with Gasteiger partial charge in [0.2, 0.25) is 0 Å². The van der Waals surface area contributed by atoms with Crippen molar-refractivity contribution in [3.8, 4) is 5.75 Å². The van der Waals surface area contributed by atoms with Crippen molar-refractivity contribution in [2.75, 3.05) is 0 Å². The Balaban J connectivity index is 1.80. The molecule has 0 amide bonds. The molecule has 2 atom stereocenters. The van der Waals surface area contributed by atoms with Gasteiger partial charge in [-0.2, -0.15) is 0 Å². The van der Waals surface area contributed by atoms with E-state index in [1.807, 2.05) is 0 Å². The lowest BCUT2D eigenvalue weighted by molar-refractivity contribution is 0.00578. The average molecular weight is 368 g/mol. The molecule has 0 bridgehead atoms. The number of hydrogen-bond acceptors (Lipinski definition) is 3. The molecule has 0 spiro atoms. The van der Waals surface area contributed by atoms with E-state index in [-0.39, 0.29) is 24.1 Å². The van der Waals surface area contributed by atoms with Crippen LogP contribution in [0.5, 0.6) is 5.75 Å². The summed E-state index contributed by atoms with van der Waals surface area (Å²) in [7, 11) is -2.14. The molecular formula is C21H29BO3Si. The highest BCUT2D eigenvalue weighted by Gasteiger charge is 2.58. The van der Waals surface area contributed by atoms with Crippen molar-refractivity contribution in [1.29, 1.82) is 0 Å². The largest absolute Gasteiger partial charge is 0.465 e. The van der Waals surface area contributed by atoms with Gasteiger partial charge >= 0.3 is 7.12 Å².